The molecule has 2 bridgehead atoms. The van der Waals surface area contributed by atoms with Crippen LogP contribution in [0.3, 0.4) is 0 Å². The lowest BCUT2D eigenvalue weighted by atomic mass is 9.68. The first kappa shape index (κ1) is 32.7. The number of imide groups is 1. The van der Waals surface area contributed by atoms with Crippen LogP contribution in [0, 0.1) is 29.6 Å². The summed E-state index contributed by atoms with van der Waals surface area (Å²) in [5.74, 6) is -1.86. The summed E-state index contributed by atoms with van der Waals surface area (Å²) in [6.45, 7) is 1.80. The minimum absolute atomic E-state index is 0.00421. The number of thiazole rings is 1. The van der Waals surface area contributed by atoms with E-state index in [2.05, 4.69) is 10.3 Å². The van der Waals surface area contributed by atoms with Gasteiger partial charge in [0.05, 0.1) is 34.7 Å². The quantitative estimate of drug-likeness (QED) is 0.137. The van der Waals surface area contributed by atoms with Gasteiger partial charge in [-0.25, -0.2) is 4.79 Å². The first-order valence-electron chi connectivity index (χ1n) is 17.3. The SMILES string of the molecule is CCOC(=O)c1ccc(N2C(=O)C3C(C2=O)[C@@H]2C[C@H]3C3Sc4[nH]c(=O)sc4[C@H](c4cccc(OCC(=O)Nc5ccc6ccccc6c5)c4)C32)cc1. The third kappa shape index (κ3) is 5.35. The average molecular weight is 732 g/mol. The van der Waals surface area contributed by atoms with Gasteiger partial charge in [0.1, 0.15) is 5.75 Å². The molecule has 1 aromatic heterocycles. The summed E-state index contributed by atoms with van der Waals surface area (Å²) in [7, 11) is 0. The number of rotatable bonds is 8. The zero-order chi connectivity index (χ0) is 35.7. The Labute approximate surface area is 306 Å². The smallest absolute Gasteiger partial charge is 0.338 e. The van der Waals surface area contributed by atoms with Crippen LogP contribution in [-0.2, 0) is 19.1 Å². The number of esters is 1. The molecule has 2 aliphatic heterocycles. The molecule has 2 aliphatic carbocycles. The summed E-state index contributed by atoms with van der Waals surface area (Å²) in [6.07, 6.45) is 0.756. The number of hydrogen-bond donors (Lipinski definition) is 2. The summed E-state index contributed by atoms with van der Waals surface area (Å²) < 4.78 is 11.1. The first-order chi connectivity index (χ1) is 25.3. The lowest BCUT2D eigenvalue weighted by Gasteiger charge is -2.43. The zero-order valence-corrected chi connectivity index (χ0v) is 29.6. The van der Waals surface area contributed by atoms with Crippen LogP contribution >= 0.6 is 23.1 Å². The monoisotopic (exact) mass is 731 g/mol. The number of benzene rings is 4. The van der Waals surface area contributed by atoms with Crippen molar-refractivity contribution in [2.75, 3.05) is 23.4 Å². The number of aromatic nitrogens is 1. The molecule has 4 aliphatic rings. The number of fused-ring (bicyclic) bond motifs is 10. The molecule has 7 atom stereocenters. The molecule has 262 valence electrons. The molecular formula is C40H33N3O7S2. The maximum atomic E-state index is 14.2. The molecule has 52 heavy (non-hydrogen) atoms. The molecule has 1 saturated heterocycles. The second-order valence-electron chi connectivity index (χ2n) is 13.7. The highest BCUT2D eigenvalue weighted by molar-refractivity contribution is 8.00. The fourth-order valence-corrected chi connectivity index (χ4v) is 11.9. The fraction of sp³-hybridized carbons (Fsp3) is 0.275. The van der Waals surface area contributed by atoms with Crippen molar-refractivity contribution in [3.63, 3.8) is 0 Å². The van der Waals surface area contributed by atoms with Crippen molar-refractivity contribution < 1.29 is 28.7 Å². The molecule has 2 saturated carbocycles. The van der Waals surface area contributed by atoms with Crippen molar-refractivity contribution in [3.05, 3.63) is 117 Å². The Morgan fingerprint density at radius 1 is 0.885 bits per heavy atom. The van der Waals surface area contributed by atoms with Gasteiger partial charge < -0.3 is 19.8 Å². The van der Waals surface area contributed by atoms with Crippen LogP contribution in [0.5, 0.6) is 5.75 Å². The summed E-state index contributed by atoms with van der Waals surface area (Å²) in [5, 5.41) is 5.86. The minimum atomic E-state index is -0.470. The van der Waals surface area contributed by atoms with Crippen LogP contribution in [-0.4, -0.2) is 47.1 Å². The summed E-state index contributed by atoms with van der Waals surface area (Å²) in [6, 6.07) is 27.7. The number of H-pyrrole nitrogens is 1. The third-order valence-electron chi connectivity index (χ3n) is 11.0. The van der Waals surface area contributed by atoms with Crippen molar-refractivity contribution in [2.24, 2.45) is 29.6 Å². The van der Waals surface area contributed by atoms with Gasteiger partial charge in [-0.1, -0.05) is 53.8 Å². The van der Waals surface area contributed by atoms with Crippen molar-refractivity contribution >= 4 is 68.9 Å². The standard InChI is InChI=1S/C40H33N3O7S2/c1-2-49-39(47)21-11-14-25(15-12-21)43-37(45)32-27-18-28(33(32)38(43)46)34-31(27)30(35-36(51-34)42-40(48)52-35)23-8-5-9-26(17-23)50-19-29(44)41-24-13-10-20-6-3-4-7-22(20)16-24/h3-17,27-28,30-34H,2,18-19H2,1H3,(H,41,44)(H,42,48)/t27-,28-,30-,31?,32?,33?,34?/m1/s1. The topological polar surface area (TPSA) is 135 Å². The van der Waals surface area contributed by atoms with Crippen molar-refractivity contribution in [1.82, 2.24) is 4.98 Å². The average Bonchev–Trinajstić information content (AvgIpc) is 3.89. The van der Waals surface area contributed by atoms with E-state index in [9.17, 15) is 24.0 Å². The van der Waals surface area contributed by atoms with Gasteiger partial charge in [0.25, 0.3) is 5.91 Å². The van der Waals surface area contributed by atoms with Gasteiger partial charge in [-0.05, 0) is 96.0 Å². The Hall–Kier alpha value is -5.20. The van der Waals surface area contributed by atoms with Crippen LogP contribution in [0.25, 0.3) is 10.8 Å². The Bertz CT molecular complexity index is 2340. The van der Waals surface area contributed by atoms with Gasteiger partial charge in [-0.2, -0.15) is 0 Å². The van der Waals surface area contributed by atoms with E-state index >= 15 is 0 Å². The highest BCUT2D eigenvalue weighted by atomic mass is 32.2. The molecule has 3 amide bonds. The molecular weight excluding hydrogens is 699 g/mol. The normalized spacial score (nSPS) is 25.5. The fourth-order valence-electron chi connectivity index (χ4n) is 9.02. The van der Waals surface area contributed by atoms with E-state index in [1.165, 1.54) is 16.2 Å². The van der Waals surface area contributed by atoms with Crippen LogP contribution in [0.15, 0.2) is 101 Å². The lowest BCUT2D eigenvalue weighted by Crippen LogP contribution is -2.42. The number of amides is 3. The number of ether oxygens (including phenoxy) is 2. The molecule has 2 N–H and O–H groups in total. The molecule has 0 radical (unpaired) electrons. The molecule has 4 aromatic carbocycles. The van der Waals surface area contributed by atoms with E-state index in [0.717, 1.165) is 32.7 Å². The molecule has 0 spiro atoms. The third-order valence-corrected chi connectivity index (χ3v) is 13.6. The number of aromatic amines is 1. The van der Waals surface area contributed by atoms with E-state index in [1.807, 2.05) is 66.7 Å². The number of carbonyl (C=O) groups excluding carboxylic acids is 4. The highest BCUT2D eigenvalue weighted by Crippen LogP contribution is 2.68. The molecule has 4 unspecified atom stereocenters. The summed E-state index contributed by atoms with van der Waals surface area (Å²) in [4.78, 5) is 71.2. The van der Waals surface area contributed by atoms with E-state index in [4.69, 9.17) is 9.47 Å². The summed E-state index contributed by atoms with van der Waals surface area (Å²) in [5.41, 5.74) is 2.42. The van der Waals surface area contributed by atoms with Gasteiger partial charge in [0, 0.05) is 21.7 Å². The number of nitrogens with zero attached hydrogens (tertiary/aromatic N) is 1. The number of anilines is 2. The Morgan fingerprint density at radius 3 is 2.44 bits per heavy atom. The van der Waals surface area contributed by atoms with E-state index in [1.54, 1.807) is 43.0 Å². The van der Waals surface area contributed by atoms with E-state index in [-0.39, 0.29) is 64.7 Å². The molecule has 9 rings (SSSR count). The molecule has 3 fully saturated rings. The van der Waals surface area contributed by atoms with Gasteiger partial charge in [0.2, 0.25) is 11.8 Å². The van der Waals surface area contributed by atoms with Crippen molar-refractivity contribution in [3.8, 4) is 5.75 Å². The zero-order valence-electron chi connectivity index (χ0n) is 27.9. The van der Waals surface area contributed by atoms with Crippen LogP contribution in [0.2, 0.25) is 0 Å². The number of thioether (sulfide) groups is 1. The molecule has 5 aromatic rings. The van der Waals surface area contributed by atoms with Crippen LogP contribution in [0.4, 0.5) is 11.4 Å². The Morgan fingerprint density at radius 2 is 1.65 bits per heavy atom. The predicted octanol–water partition coefficient (Wildman–Crippen LogP) is 6.46. The van der Waals surface area contributed by atoms with E-state index in [0.29, 0.717) is 22.7 Å². The van der Waals surface area contributed by atoms with Crippen molar-refractivity contribution in [2.45, 2.75) is 29.5 Å². The van der Waals surface area contributed by atoms with Gasteiger partial charge in [-0.15, -0.1) is 11.8 Å². The number of hydrogen-bond acceptors (Lipinski definition) is 9. The summed E-state index contributed by atoms with van der Waals surface area (Å²) >= 11 is 2.82. The molecule has 3 heterocycles. The number of carbonyl (C=O) groups is 4. The second kappa shape index (κ2) is 12.8. The minimum Gasteiger partial charge on any atom is -0.484 e. The van der Waals surface area contributed by atoms with E-state index < -0.39 is 17.8 Å². The molecule has 12 heteroatoms. The van der Waals surface area contributed by atoms with Crippen LogP contribution in [0.1, 0.15) is 40.1 Å². The van der Waals surface area contributed by atoms with Gasteiger partial charge in [-0.3, -0.25) is 24.1 Å². The maximum Gasteiger partial charge on any atom is 0.338 e. The second-order valence-corrected chi connectivity index (χ2v) is 15.9. The molecule has 10 nitrogen and oxygen atoms in total. The Balaban J connectivity index is 0.969. The van der Waals surface area contributed by atoms with Crippen LogP contribution < -0.4 is 19.8 Å². The number of nitrogens with one attached hydrogen (secondary N) is 2. The largest absolute Gasteiger partial charge is 0.484 e. The maximum absolute atomic E-state index is 14.2. The Kier molecular flexibility index (Phi) is 8.04. The van der Waals surface area contributed by atoms with Gasteiger partial charge in [0.15, 0.2) is 6.61 Å². The van der Waals surface area contributed by atoms with Crippen molar-refractivity contribution in [1.29, 1.82) is 0 Å². The first-order valence-corrected chi connectivity index (χ1v) is 19.0. The predicted molar refractivity (Wildman–Crippen MR) is 198 cm³/mol. The lowest BCUT2D eigenvalue weighted by molar-refractivity contribution is -0.123. The highest BCUT2D eigenvalue weighted by Gasteiger charge is 2.69. The van der Waals surface area contributed by atoms with Gasteiger partial charge >= 0.3 is 10.8 Å².